The molecule has 0 amide bonds. The maximum absolute atomic E-state index is 4.41. The molecule has 2 rings (SSSR count). The third-order valence-corrected chi connectivity index (χ3v) is 4.44. The first kappa shape index (κ1) is 13.4. The number of nitrogens with one attached hydrogen (secondary N) is 1. The summed E-state index contributed by atoms with van der Waals surface area (Å²) >= 11 is 3.25. The van der Waals surface area contributed by atoms with E-state index in [0.717, 1.165) is 33.7 Å². The highest BCUT2D eigenvalue weighted by molar-refractivity contribution is 7.22. The van der Waals surface area contributed by atoms with E-state index in [9.17, 15) is 0 Å². The zero-order valence-corrected chi connectivity index (χ0v) is 12.6. The summed E-state index contributed by atoms with van der Waals surface area (Å²) in [4.78, 5) is 5.57. The van der Waals surface area contributed by atoms with Crippen LogP contribution in [0, 0.1) is 0 Å². The van der Waals surface area contributed by atoms with Crippen LogP contribution in [0.5, 0.6) is 0 Å². The first-order valence-corrected chi connectivity index (χ1v) is 7.93. The Morgan fingerprint density at radius 3 is 2.89 bits per heavy atom. The fraction of sp³-hybridized carbons (Fsp3) is 0.583. The van der Waals surface area contributed by atoms with E-state index < -0.39 is 0 Å². The van der Waals surface area contributed by atoms with Crippen LogP contribution in [0.3, 0.4) is 0 Å². The number of nitrogens with zero attached hydrogens (tertiary/aromatic N) is 3. The van der Waals surface area contributed by atoms with Crippen LogP contribution in [0.15, 0.2) is 5.51 Å². The van der Waals surface area contributed by atoms with E-state index in [1.54, 1.807) is 22.7 Å². The van der Waals surface area contributed by atoms with Crippen molar-refractivity contribution < 1.29 is 0 Å². The molecule has 18 heavy (non-hydrogen) atoms. The SMILES string of the molecule is CCCCNc1nnc(-c2scnc2C(C)C)s1. The molecule has 2 aromatic heterocycles. The molecule has 1 N–H and O–H groups in total. The second-order valence-electron chi connectivity index (χ2n) is 4.41. The highest BCUT2D eigenvalue weighted by Crippen LogP contribution is 2.35. The predicted molar refractivity (Wildman–Crippen MR) is 78.5 cm³/mol. The molecule has 0 saturated carbocycles. The van der Waals surface area contributed by atoms with Gasteiger partial charge in [0.05, 0.1) is 16.1 Å². The standard InChI is InChI=1S/C12H18N4S2/c1-4-5-6-13-12-16-15-11(18-12)10-9(8(2)3)14-7-17-10/h7-8H,4-6H2,1-3H3,(H,13,16). The van der Waals surface area contributed by atoms with Gasteiger partial charge >= 0.3 is 0 Å². The lowest BCUT2D eigenvalue weighted by Crippen LogP contribution is -1.99. The molecule has 0 saturated heterocycles. The van der Waals surface area contributed by atoms with Gasteiger partial charge in [0, 0.05) is 6.54 Å². The van der Waals surface area contributed by atoms with Crippen LogP contribution in [0.25, 0.3) is 9.88 Å². The first-order chi connectivity index (χ1) is 8.72. The average molecular weight is 282 g/mol. The van der Waals surface area contributed by atoms with Crippen LogP contribution in [0.4, 0.5) is 5.13 Å². The van der Waals surface area contributed by atoms with Gasteiger partial charge in [-0.2, -0.15) is 0 Å². The smallest absolute Gasteiger partial charge is 0.206 e. The highest BCUT2D eigenvalue weighted by atomic mass is 32.1. The highest BCUT2D eigenvalue weighted by Gasteiger charge is 2.15. The molecule has 4 nitrogen and oxygen atoms in total. The molecule has 0 radical (unpaired) electrons. The Balaban J connectivity index is 2.11. The molecule has 0 fully saturated rings. The van der Waals surface area contributed by atoms with E-state index in [1.807, 2.05) is 5.51 Å². The van der Waals surface area contributed by atoms with Gasteiger partial charge in [-0.15, -0.1) is 21.5 Å². The number of aromatic nitrogens is 3. The minimum atomic E-state index is 0.423. The fourth-order valence-electron chi connectivity index (χ4n) is 1.58. The average Bonchev–Trinajstić information content (AvgIpc) is 2.96. The number of hydrogen-bond donors (Lipinski definition) is 1. The van der Waals surface area contributed by atoms with Crippen molar-refractivity contribution in [2.75, 3.05) is 11.9 Å². The molecular formula is C12H18N4S2. The summed E-state index contributed by atoms with van der Waals surface area (Å²) in [7, 11) is 0. The van der Waals surface area contributed by atoms with Crippen LogP contribution in [0.1, 0.15) is 45.2 Å². The van der Waals surface area contributed by atoms with Gasteiger partial charge in [-0.3, -0.25) is 0 Å². The molecule has 0 atom stereocenters. The molecule has 6 heteroatoms. The summed E-state index contributed by atoms with van der Waals surface area (Å²) in [6.45, 7) is 7.45. The first-order valence-electron chi connectivity index (χ1n) is 6.23. The van der Waals surface area contributed by atoms with Crippen LogP contribution in [-0.4, -0.2) is 21.7 Å². The van der Waals surface area contributed by atoms with Gasteiger partial charge in [-0.1, -0.05) is 38.5 Å². The summed E-state index contributed by atoms with van der Waals surface area (Å²) < 4.78 is 0. The summed E-state index contributed by atoms with van der Waals surface area (Å²) in [5.41, 5.74) is 3.01. The largest absolute Gasteiger partial charge is 0.360 e. The zero-order valence-electron chi connectivity index (χ0n) is 10.9. The summed E-state index contributed by atoms with van der Waals surface area (Å²) in [6.07, 6.45) is 2.34. The van der Waals surface area contributed by atoms with Gasteiger partial charge in [-0.25, -0.2) is 4.98 Å². The molecule has 0 aliphatic rings. The summed E-state index contributed by atoms with van der Waals surface area (Å²) in [6, 6.07) is 0. The second-order valence-corrected chi connectivity index (χ2v) is 6.25. The molecule has 2 heterocycles. The normalized spacial score (nSPS) is 11.1. The monoisotopic (exact) mass is 282 g/mol. The Morgan fingerprint density at radius 1 is 1.33 bits per heavy atom. The lowest BCUT2D eigenvalue weighted by Gasteiger charge is -2.01. The summed E-state index contributed by atoms with van der Waals surface area (Å²) in [5, 5.41) is 13.6. The molecule has 0 unspecified atom stereocenters. The van der Waals surface area contributed by atoms with Crippen LogP contribution in [0.2, 0.25) is 0 Å². The Labute approximate surface area is 116 Å². The number of unbranched alkanes of at least 4 members (excludes halogenated alkanes) is 1. The molecule has 2 aromatic rings. The molecule has 0 aliphatic heterocycles. The van der Waals surface area contributed by atoms with E-state index in [2.05, 4.69) is 41.3 Å². The van der Waals surface area contributed by atoms with E-state index in [-0.39, 0.29) is 0 Å². The third kappa shape index (κ3) is 3.05. The van der Waals surface area contributed by atoms with Crippen molar-refractivity contribution in [2.45, 2.75) is 39.5 Å². The Hall–Kier alpha value is -1.01. The van der Waals surface area contributed by atoms with Gasteiger partial charge in [0.1, 0.15) is 0 Å². The molecule has 0 aliphatic carbocycles. The van der Waals surface area contributed by atoms with E-state index in [0.29, 0.717) is 5.92 Å². The molecule has 0 aromatic carbocycles. The number of thiazole rings is 1. The van der Waals surface area contributed by atoms with Gasteiger partial charge in [-0.05, 0) is 12.3 Å². The summed E-state index contributed by atoms with van der Waals surface area (Å²) in [5.74, 6) is 0.423. The van der Waals surface area contributed by atoms with Crippen molar-refractivity contribution in [1.29, 1.82) is 0 Å². The van der Waals surface area contributed by atoms with Crippen molar-refractivity contribution in [3.8, 4) is 9.88 Å². The van der Waals surface area contributed by atoms with Crippen LogP contribution >= 0.6 is 22.7 Å². The lowest BCUT2D eigenvalue weighted by atomic mass is 10.1. The van der Waals surface area contributed by atoms with E-state index in [1.165, 1.54) is 6.42 Å². The molecule has 0 bridgehead atoms. The molecule has 0 spiro atoms. The van der Waals surface area contributed by atoms with E-state index in [4.69, 9.17) is 0 Å². The van der Waals surface area contributed by atoms with Gasteiger partial charge in [0.25, 0.3) is 0 Å². The minimum Gasteiger partial charge on any atom is -0.360 e. The van der Waals surface area contributed by atoms with Gasteiger partial charge in [0.15, 0.2) is 5.01 Å². The maximum atomic E-state index is 4.41. The molecule has 98 valence electrons. The van der Waals surface area contributed by atoms with Crippen molar-refractivity contribution in [2.24, 2.45) is 0 Å². The van der Waals surface area contributed by atoms with E-state index >= 15 is 0 Å². The minimum absolute atomic E-state index is 0.423. The topological polar surface area (TPSA) is 50.7 Å². The Morgan fingerprint density at radius 2 is 2.17 bits per heavy atom. The van der Waals surface area contributed by atoms with Gasteiger partial charge < -0.3 is 5.32 Å². The number of rotatable bonds is 6. The fourth-order valence-corrected chi connectivity index (χ4v) is 3.39. The number of hydrogen-bond acceptors (Lipinski definition) is 6. The van der Waals surface area contributed by atoms with Crippen molar-refractivity contribution >= 4 is 27.8 Å². The zero-order chi connectivity index (χ0) is 13.0. The number of anilines is 1. The maximum Gasteiger partial charge on any atom is 0.206 e. The van der Waals surface area contributed by atoms with Crippen molar-refractivity contribution in [3.63, 3.8) is 0 Å². The third-order valence-electron chi connectivity index (χ3n) is 2.57. The Kier molecular flexibility index (Phi) is 4.66. The lowest BCUT2D eigenvalue weighted by molar-refractivity contribution is 0.830. The van der Waals surface area contributed by atoms with Crippen LogP contribution in [-0.2, 0) is 0 Å². The van der Waals surface area contributed by atoms with Crippen LogP contribution < -0.4 is 5.32 Å². The van der Waals surface area contributed by atoms with Gasteiger partial charge in [0.2, 0.25) is 5.13 Å². The second kappa shape index (κ2) is 6.24. The Bertz CT molecular complexity index is 490. The quantitative estimate of drug-likeness (QED) is 0.814. The van der Waals surface area contributed by atoms with Crippen molar-refractivity contribution in [3.05, 3.63) is 11.2 Å². The molecular weight excluding hydrogens is 264 g/mol. The van der Waals surface area contributed by atoms with Crippen molar-refractivity contribution in [1.82, 2.24) is 15.2 Å². The predicted octanol–water partition coefficient (Wildman–Crippen LogP) is 4.00.